The topological polar surface area (TPSA) is 38.3 Å². The SMILES string of the molecule is CCOC(=O)C1=CC2=C(CCCCCC2)NC1. The van der Waals surface area contributed by atoms with E-state index in [0.29, 0.717) is 13.2 Å². The molecule has 0 aromatic carbocycles. The second-order valence-electron chi connectivity index (χ2n) is 4.66. The molecule has 0 saturated carbocycles. The molecule has 0 aromatic heterocycles. The van der Waals surface area contributed by atoms with Crippen LogP contribution in [0.4, 0.5) is 0 Å². The van der Waals surface area contributed by atoms with Gasteiger partial charge in [0.2, 0.25) is 0 Å². The lowest BCUT2D eigenvalue weighted by molar-refractivity contribution is -0.138. The van der Waals surface area contributed by atoms with Gasteiger partial charge >= 0.3 is 5.97 Å². The molecule has 94 valence electrons. The summed E-state index contributed by atoms with van der Waals surface area (Å²) >= 11 is 0. The van der Waals surface area contributed by atoms with Crippen LogP contribution in [0.1, 0.15) is 45.4 Å². The molecule has 0 saturated heterocycles. The van der Waals surface area contributed by atoms with Crippen LogP contribution in [0.15, 0.2) is 22.9 Å². The Bertz CT molecular complexity index is 355. The highest BCUT2D eigenvalue weighted by Gasteiger charge is 2.19. The minimum atomic E-state index is -0.173. The zero-order valence-corrected chi connectivity index (χ0v) is 10.6. The highest BCUT2D eigenvalue weighted by molar-refractivity contribution is 5.90. The Morgan fingerprint density at radius 1 is 1.29 bits per heavy atom. The van der Waals surface area contributed by atoms with Crippen LogP contribution < -0.4 is 5.32 Å². The lowest BCUT2D eigenvalue weighted by Gasteiger charge is -2.23. The van der Waals surface area contributed by atoms with Crippen molar-refractivity contribution in [3.05, 3.63) is 22.9 Å². The number of hydrogen-bond donors (Lipinski definition) is 1. The maximum Gasteiger partial charge on any atom is 0.335 e. The van der Waals surface area contributed by atoms with Crippen LogP contribution in [-0.2, 0) is 9.53 Å². The molecule has 1 N–H and O–H groups in total. The molecule has 3 heteroatoms. The summed E-state index contributed by atoms with van der Waals surface area (Å²) in [6, 6.07) is 0. The van der Waals surface area contributed by atoms with E-state index < -0.39 is 0 Å². The average Bonchev–Trinajstić information content (AvgIpc) is 2.30. The maximum absolute atomic E-state index is 11.7. The summed E-state index contributed by atoms with van der Waals surface area (Å²) < 4.78 is 5.05. The Hall–Kier alpha value is -1.25. The number of esters is 1. The predicted octanol–water partition coefficient (Wildman–Crippen LogP) is 2.69. The fraction of sp³-hybridized carbons (Fsp3) is 0.643. The standard InChI is InChI=1S/C14H21NO2/c1-2-17-14(16)12-9-11-7-5-3-4-6-8-13(11)15-10-12/h9,15H,2-8,10H2,1H3. The number of ether oxygens (including phenoxy) is 1. The number of rotatable bonds is 2. The molecule has 0 atom stereocenters. The van der Waals surface area contributed by atoms with E-state index in [1.165, 1.54) is 37.0 Å². The Balaban J connectivity index is 2.12. The number of carbonyl (C=O) groups is 1. The smallest absolute Gasteiger partial charge is 0.335 e. The van der Waals surface area contributed by atoms with Gasteiger partial charge in [0.25, 0.3) is 0 Å². The van der Waals surface area contributed by atoms with Gasteiger partial charge in [-0.2, -0.15) is 0 Å². The van der Waals surface area contributed by atoms with E-state index in [1.807, 2.05) is 6.92 Å². The molecule has 1 aliphatic carbocycles. The van der Waals surface area contributed by atoms with Crippen LogP contribution in [-0.4, -0.2) is 19.1 Å². The van der Waals surface area contributed by atoms with Crippen LogP contribution in [0.5, 0.6) is 0 Å². The van der Waals surface area contributed by atoms with Crippen molar-refractivity contribution in [3.63, 3.8) is 0 Å². The average molecular weight is 235 g/mol. The summed E-state index contributed by atoms with van der Waals surface area (Å²) in [5.74, 6) is -0.173. The molecule has 0 bridgehead atoms. The Morgan fingerprint density at radius 2 is 2.06 bits per heavy atom. The third-order valence-corrected chi connectivity index (χ3v) is 3.39. The van der Waals surface area contributed by atoms with Crippen molar-refractivity contribution >= 4 is 5.97 Å². The van der Waals surface area contributed by atoms with E-state index in [9.17, 15) is 4.79 Å². The molecule has 17 heavy (non-hydrogen) atoms. The molecular weight excluding hydrogens is 214 g/mol. The van der Waals surface area contributed by atoms with Gasteiger partial charge in [-0.15, -0.1) is 0 Å². The highest BCUT2D eigenvalue weighted by atomic mass is 16.5. The van der Waals surface area contributed by atoms with Gasteiger partial charge in [0, 0.05) is 12.2 Å². The zero-order valence-electron chi connectivity index (χ0n) is 10.6. The van der Waals surface area contributed by atoms with Crippen LogP contribution in [0.3, 0.4) is 0 Å². The van der Waals surface area contributed by atoms with E-state index in [4.69, 9.17) is 4.74 Å². The van der Waals surface area contributed by atoms with Crippen LogP contribution in [0.25, 0.3) is 0 Å². The summed E-state index contributed by atoms with van der Waals surface area (Å²) in [5.41, 5.74) is 3.43. The number of allylic oxidation sites excluding steroid dienone is 3. The largest absolute Gasteiger partial charge is 0.463 e. The quantitative estimate of drug-likeness (QED) is 0.748. The van der Waals surface area contributed by atoms with Crippen molar-refractivity contribution in [3.8, 4) is 0 Å². The summed E-state index contributed by atoms with van der Waals surface area (Å²) in [6.45, 7) is 2.91. The van der Waals surface area contributed by atoms with Crippen molar-refractivity contribution in [2.45, 2.75) is 45.4 Å². The highest BCUT2D eigenvalue weighted by Crippen LogP contribution is 2.26. The van der Waals surface area contributed by atoms with Crippen molar-refractivity contribution in [2.75, 3.05) is 13.2 Å². The van der Waals surface area contributed by atoms with E-state index in [2.05, 4.69) is 11.4 Å². The maximum atomic E-state index is 11.7. The molecule has 0 spiro atoms. The fourth-order valence-corrected chi connectivity index (χ4v) is 2.46. The van der Waals surface area contributed by atoms with Crippen LogP contribution in [0, 0.1) is 0 Å². The van der Waals surface area contributed by atoms with Crippen LogP contribution in [0.2, 0.25) is 0 Å². The molecule has 1 heterocycles. The first-order chi connectivity index (χ1) is 8.31. The number of carbonyl (C=O) groups excluding carboxylic acids is 1. The predicted molar refractivity (Wildman–Crippen MR) is 67.4 cm³/mol. The lowest BCUT2D eigenvalue weighted by atomic mass is 9.93. The first kappa shape index (κ1) is 12.2. The van der Waals surface area contributed by atoms with Crippen molar-refractivity contribution in [1.82, 2.24) is 5.32 Å². The Morgan fingerprint density at radius 3 is 2.82 bits per heavy atom. The van der Waals surface area contributed by atoms with Crippen LogP contribution >= 0.6 is 0 Å². The third-order valence-electron chi connectivity index (χ3n) is 3.39. The minimum absolute atomic E-state index is 0.173. The molecule has 0 amide bonds. The van der Waals surface area contributed by atoms with Gasteiger partial charge in [0.1, 0.15) is 0 Å². The molecule has 1 aliphatic heterocycles. The molecule has 2 rings (SSSR count). The summed E-state index contributed by atoms with van der Waals surface area (Å²) in [6.07, 6.45) is 9.39. The second kappa shape index (κ2) is 5.89. The number of hydrogen-bond acceptors (Lipinski definition) is 3. The first-order valence-electron chi connectivity index (χ1n) is 6.65. The Labute approximate surface area is 103 Å². The van der Waals surface area contributed by atoms with Crippen molar-refractivity contribution < 1.29 is 9.53 Å². The molecule has 0 unspecified atom stereocenters. The third kappa shape index (κ3) is 3.11. The summed E-state index contributed by atoms with van der Waals surface area (Å²) in [5, 5.41) is 3.39. The van der Waals surface area contributed by atoms with Gasteiger partial charge in [0.05, 0.1) is 12.2 Å². The van der Waals surface area contributed by atoms with E-state index in [-0.39, 0.29) is 5.97 Å². The minimum Gasteiger partial charge on any atom is -0.463 e. The Kier molecular flexibility index (Phi) is 4.24. The van der Waals surface area contributed by atoms with E-state index >= 15 is 0 Å². The lowest BCUT2D eigenvalue weighted by Crippen LogP contribution is -2.27. The summed E-state index contributed by atoms with van der Waals surface area (Å²) in [7, 11) is 0. The molecule has 2 aliphatic rings. The van der Waals surface area contributed by atoms with E-state index in [0.717, 1.165) is 18.4 Å². The van der Waals surface area contributed by atoms with Gasteiger partial charge in [-0.3, -0.25) is 0 Å². The van der Waals surface area contributed by atoms with Gasteiger partial charge < -0.3 is 10.1 Å². The van der Waals surface area contributed by atoms with Gasteiger partial charge in [0.15, 0.2) is 0 Å². The monoisotopic (exact) mass is 235 g/mol. The zero-order chi connectivity index (χ0) is 12.1. The molecular formula is C14H21NO2. The van der Waals surface area contributed by atoms with Gasteiger partial charge in [-0.25, -0.2) is 4.79 Å². The van der Waals surface area contributed by atoms with Crippen molar-refractivity contribution in [1.29, 1.82) is 0 Å². The van der Waals surface area contributed by atoms with Crippen molar-refractivity contribution in [2.24, 2.45) is 0 Å². The first-order valence-corrected chi connectivity index (χ1v) is 6.65. The second-order valence-corrected chi connectivity index (χ2v) is 4.66. The van der Waals surface area contributed by atoms with Gasteiger partial charge in [-0.1, -0.05) is 12.8 Å². The summed E-state index contributed by atoms with van der Waals surface area (Å²) in [4.78, 5) is 11.7. The number of dihydropyridines is 1. The normalized spacial score (nSPS) is 20.6. The molecule has 0 aromatic rings. The molecule has 3 nitrogen and oxygen atoms in total. The molecule has 0 fully saturated rings. The fourth-order valence-electron chi connectivity index (χ4n) is 2.46. The number of nitrogens with one attached hydrogen (secondary N) is 1. The van der Waals surface area contributed by atoms with Gasteiger partial charge in [-0.05, 0) is 44.3 Å². The molecule has 0 radical (unpaired) electrons. The van der Waals surface area contributed by atoms with E-state index in [1.54, 1.807) is 0 Å².